The summed E-state index contributed by atoms with van der Waals surface area (Å²) in [5, 5.41) is 0. The molecule has 0 radical (unpaired) electrons. The van der Waals surface area contributed by atoms with Gasteiger partial charge in [-0.25, -0.2) is 0 Å². The van der Waals surface area contributed by atoms with Crippen molar-refractivity contribution >= 4 is 16.7 Å². The van der Waals surface area contributed by atoms with E-state index in [-0.39, 0.29) is 0 Å². The Labute approximate surface area is 87.1 Å². The van der Waals surface area contributed by atoms with E-state index < -0.39 is 0 Å². The fraction of sp³-hybridized carbons (Fsp3) is 0.182. The number of rotatable bonds is 0. The van der Waals surface area contributed by atoms with Crippen LogP contribution in [-0.2, 0) is 7.05 Å². The van der Waals surface area contributed by atoms with Crippen molar-refractivity contribution in [3.8, 4) is 0 Å². The minimum atomic E-state index is 1.06. The highest BCUT2D eigenvalue weighted by Crippen LogP contribution is 2.15. The van der Waals surface area contributed by atoms with Gasteiger partial charge >= 0.3 is 0 Å². The highest BCUT2D eigenvalue weighted by atomic mass is 15.3. The summed E-state index contributed by atoms with van der Waals surface area (Å²) >= 11 is 0. The lowest BCUT2D eigenvalue weighted by Gasteiger charge is -1.91. The fourth-order valence-electron chi connectivity index (χ4n) is 2.20. The molecule has 0 bridgehead atoms. The highest BCUT2D eigenvalue weighted by Gasteiger charge is 2.19. The van der Waals surface area contributed by atoms with Crippen molar-refractivity contribution in [2.45, 2.75) is 6.92 Å². The Hall–Kier alpha value is -1.97. The van der Waals surface area contributed by atoms with Crippen LogP contribution >= 0.6 is 0 Å². The summed E-state index contributed by atoms with van der Waals surface area (Å²) in [5.74, 6) is 5.84. The zero-order valence-electron chi connectivity index (χ0n) is 8.81. The Morgan fingerprint density at radius 3 is 2.80 bits per heavy atom. The topological polar surface area (TPSA) is 40.0 Å². The van der Waals surface area contributed by atoms with Crippen molar-refractivity contribution in [3.63, 3.8) is 0 Å². The van der Waals surface area contributed by atoms with Gasteiger partial charge in [-0.1, -0.05) is 12.1 Å². The standard InChI is InChI=1S/C11H13N4/c1-8-11-13(2)9-5-3-4-6-10(9)14(11)7-15(8)12/h3-7H,12H2,1-2H3/q+1. The lowest BCUT2D eigenvalue weighted by Crippen LogP contribution is -2.18. The second-order valence-electron chi connectivity index (χ2n) is 3.85. The minimum absolute atomic E-state index is 1.06. The third-order valence-electron chi connectivity index (χ3n) is 3.00. The van der Waals surface area contributed by atoms with Gasteiger partial charge in [0.05, 0.1) is 7.05 Å². The number of aromatic nitrogens is 3. The smallest absolute Gasteiger partial charge is 0.270 e. The van der Waals surface area contributed by atoms with Gasteiger partial charge in [0.2, 0.25) is 6.33 Å². The third-order valence-corrected chi connectivity index (χ3v) is 3.00. The van der Waals surface area contributed by atoms with Crippen molar-refractivity contribution in [1.29, 1.82) is 0 Å². The largest absolute Gasteiger partial charge is 0.292 e. The molecule has 0 unspecified atom stereocenters. The third kappa shape index (κ3) is 0.883. The number of nitrogen functional groups attached to an aromatic ring is 1. The average Bonchev–Trinajstić information content (AvgIpc) is 2.68. The predicted octanol–water partition coefficient (Wildman–Crippen LogP) is 0.741. The van der Waals surface area contributed by atoms with Crippen LogP contribution < -0.4 is 10.2 Å². The van der Waals surface area contributed by atoms with E-state index in [2.05, 4.69) is 28.1 Å². The Morgan fingerprint density at radius 1 is 1.27 bits per heavy atom. The van der Waals surface area contributed by atoms with Gasteiger partial charge in [-0.15, -0.1) is 0 Å². The van der Waals surface area contributed by atoms with Crippen LogP contribution in [0.4, 0.5) is 0 Å². The summed E-state index contributed by atoms with van der Waals surface area (Å²) in [7, 11) is 2.06. The Kier molecular flexibility index (Phi) is 1.41. The minimum Gasteiger partial charge on any atom is -0.292 e. The van der Waals surface area contributed by atoms with Gasteiger partial charge in [-0.05, 0) is 19.1 Å². The second kappa shape index (κ2) is 2.53. The van der Waals surface area contributed by atoms with E-state index in [0.29, 0.717) is 0 Å². The van der Waals surface area contributed by atoms with Gasteiger partial charge in [0.25, 0.3) is 5.65 Å². The first-order valence-corrected chi connectivity index (χ1v) is 4.92. The molecule has 0 atom stereocenters. The maximum absolute atomic E-state index is 5.84. The van der Waals surface area contributed by atoms with Crippen LogP contribution in [0.1, 0.15) is 5.69 Å². The summed E-state index contributed by atoms with van der Waals surface area (Å²) in [6, 6.07) is 8.30. The van der Waals surface area contributed by atoms with Crippen LogP contribution in [0.3, 0.4) is 0 Å². The van der Waals surface area contributed by atoms with Crippen LogP contribution in [0.5, 0.6) is 0 Å². The Morgan fingerprint density at radius 2 is 2.00 bits per heavy atom. The predicted molar refractivity (Wildman–Crippen MR) is 59.0 cm³/mol. The van der Waals surface area contributed by atoms with Crippen LogP contribution in [0.15, 0.2) is 30.6 Å². The number of hydrogen-bond donors (Lipinski definition) is 1. The molecule has 2 heterocycles. The van der Waals surface area contributed by atoms with E-state index in [4.69, 9.17) is 5.84 Å². The summed E-state index contributed by atoms with van der Waals surface area (Å²) in [5.41, 5.74) is 4.60. The molecule has 76 valence electrons. The second-order valence-corrected chi connectivity index (χ2v) is 3.85. The van der Waals surface area contributed by atoms with Gasteiger partial charge < -0.3 is 0 Å². The number of para-hydroxylation sites is 2. The van der Waals surface area contributed by atoms with Gasteiger partial charge in [-0.2, -0.15) is 9.08 Å². The molecule has 0 saturated heterocycles. The molecule has 0 aliphatic heterocycles. The summed E-state index contributed by atoms with van der Waals surface area (Å²) < 4.78 is 5.93. The number of nitrogens with two attached hydrogens (primary N) is 1. The zero-order valence-corrected chi connectivity index (χ0v) is 8.81. The van der Waals surface area contributed by atoms with E-state index in [1.807, 2.05) is 25.4 Å². The van der Waals surface area contributed by atoms with Crippen LogP contribution in [-0.4, -0.2) is 9.24 Å². The van der Waals surface area contributed by atoms with Crippen LogP contribution in [0, 0.1) is 6.92 Å². The monoisotopic (exact) mass is 201 g/mol. The molecular weight excluding hydrogens is 188 g/mol. The van der Waals surface area contributed by atoms with Gasteiger partial charge in [0, 0.05) is 0 Å². The number of hydrogen-bond acceptors (Lipinski definition) is 1. The van der Waals surface area contributed by atoms with E-state index in [1.165, 1.54) is 11.0 Å². The molecular formula is C11H13N4+. The number of benzene rings is 1. The molecule has 0 spiro atoms. The number of imidazole rings is 2. The maximum atomic E-state index is 5.84. The van der Waals surface area contributed by atoms with E-state index in [9.17, 15) is 0 Å². The molecule has 0 amide bonds. The normalized spacial score (nSPS) is 11.6. The molecule has 0 fully saturated rings. The van der Waals surface area contributed by atoms with Crippen LogP contribution in [0.25, 0.3) is 16.7 Å². The summed E-state index contributed by atoms with van der Waals surface area (Å²) in [6.45, 7) is 2.02. The van der Waals surface area contributed by atoms with Crippen LogP contribution in [0.2, 0.25) is 0 Å². The van der Waals surface area contributed by atoms with E-state index >= 15 is 0 Å². The SMILES string of the molecule is Cc1c2n(C)c3ccccc3[n+]2cn1N. The quantitative estimate of drug-likeness (QED) is 0.423. The average molecular weight is 201 g/mol. The molecule has 0 saturated carbocycles. The molecule has 3 aromatic rings. The van der Waals surface area contributed by atoms with Crippen molar-refractivity contribution < 1.29 is 4.40 Å². The first kappa shape index (κ1) is 8.35. The molecule has 1 aromatic carbocycles. The number of aryl methyl sites for hydroxylation is 2. The molecule has 0 aliphatic carbocycles. The molecule has 4 nitrogen and oxygen atoms in total. The lowest BCUT2D eigenvalue weighted by molar-refractivity contribution is -0.482. The Balaban J connectivity index is 2.67. The first-order valence-electron chi connectivity index (χ1n) is 4.92. The summed E-state index contributed by atoms with van der Waals surface area (Å²) in [6.07, 6.45) is 1.91. The van der Waals surface area contributed by atoms with Gasteiger partial charge in [-0.3, -0.25) is 10.4 Å². The molecule has 2 N–H and O–H groups in total. The molecule has 0 aliphatic rings. The lowest BCUT2D eigenvalue weighted by atomic mass is 10.3. The number of fused-ring (bicyclic) bond motifs is 3. The number of nitrogens with zero attached hydrogens (tertiary/aromatic N) is 3. The van der Waals surface area contributed by atoms with Gasteiger partial charge in [0.15, 0.2) is 5.69 Å². The first-order chi connectivity index (χ1) is 7.20. The maximum Gasteiger partial charge on any atom is 0.270 e. The van der Waals surface area contributed by atoms with Crippen molar-refractivity contribution in [2.75, 3.05) is 5.84 Å². The zero-order chi connectivity index (χ0) is 10.6. The van der Waals surface area contributed by atoms with Crippen molar-refractivity contribution in [2.24, 2.45) is 7.05 Å². The van der Waals surface area contributed by atoms with E-state index in [0.717, 1.165) is 11.3 Å². The molecule has 3 rings (SSSR count). The Bertz CT molecular complexity index is 660. The molecule has 15 heavy (non-hydrogen) atoms. The van der Waals surface area contributed by atoms with Crippen molar-refractivity contribution in [3.05, 3.63) is 36.3 Å². The van der Waals surface area contributed by atoms with Gasteiger partial charge in [0.1, 0.15) is 11.0 Å². The fourth-order valence-corrected chi connectivity index (χ4v) is 2.20. The van der Waals surface area contributed by atoms with E-state index in [1.54, 1.807) is 4.68 Å². The molecule has 2 aromatic heterocycles. The summed E-state index contributed by atoms with van der Waals surface area (Å²) in [4.78, 5) is 0. The van der Waals surface area contributed by atoms with Crippen molar-refractivity contribution in [1.82, 2.24) is 9.24 Å². The highest BCUT2D eigenvalue weighted by molar-refractivity contribution is 5.75. The molecule has 4 heteroatoms.